The fourth-order valence-corrected chi connectivity index (χ4v) is 2.13. The number of benzene rings is 1. The number of carboxylic acid groups (broad SMARTS) is 1. The fourth-order valence-electron chi connectivity index (χ4n) is 0.993. The molecule has 1 aromatic carbocycles. The van der Waals surface area contributed by atoms with Crippen LogP contribution >= 0.6 is 0 Å². The van der Waals surface area contributed by atoms with Gasteiger partial charge in [-0.1, -0.05) is 18.2 Å². The summed E-state index contributed by atoms with van der Waals surface area (Å²) in [5.74, 6) is -1.08. The molecule has 0 saturated carbocycles. The van der Waals surface area contributed by atoms with Gasteiger partial charge in [0.25, 0.3) is 0 Å². The molecular weight excluding hydrogens is 471 g/mol. The van der Waals surface area contributed by atoms with Crippen LogP contribution in [0.2, 0.25) is 0 Å². The monoisotopic (exact) mass is 490 g/mol. The molecule has 109 valence electrons. The third-order valence-corrected chi connectivity index (χ3v) is 3.46. The van der Waals surface area contributed by atoms with E-state index in [1.165, 1.54) is 0 Å². The van der Waals surface area contributed by atoms with E-state index in [1.54, 1.807) is 44.4 Å². The summed E-state index contributed by atoms with van der Waals surface area (Å²) in [5.41, 5.74) is 0. The molecule has 1 rings (SSSR count). The molecule has 6 nitrogen and oxygen atoms in total. The van der Waals surface area contributed by atoms with Gasteiger partial charge in [0.1, 0.15) is 0 Å². The zero-order chi connectivity index (χ0) is 14.9. The van der Waals surface area contributed by atoms with Crippen LogP contribution < -0.4 is 9.83 Å². The van der Waals surface area contributed by atoms with Crippen molar-refractivity contribution in [3.8, 4) is 0 Å². The fraction of sp³-hybridized carbons (Fsp3) is 0.417. The summed E-state index contributed by atoms with van der Waals surface area (Å²) in [6.45, 7) is 3.04. The Labute approximate surface area is 140 Å². The van der Waals surface area contributed by atoms with Gasteiger partial charge in [-0.2, -0.15) is 0 Å². The number of aliphatic carboxylic acids is 1. The Bertz CT molecular complexity index is 474. The van der Waals surface area contributed by atoms with Crippen molar-refractivity contribution in [1.29, 1.82) is 0 Å². The smallest absolute Gasteiger partial charge is 0.550 e. The molecule has 1 unspecified atom stereocenters. The predicted octanol–water partition coefficient (Wildman–Crippen LogP) is -0.246. The summed E-state index contributed by atoms with van der Waals surface area (Å²) in [6, 6.07) is 8.26. The number of carboxylic acids is 1. The summed E-state index contributed by atoms with van der Waals surface area (Å²) in [6.07, 6.45) is -0.136. The van der Waals surface area contributed by atoms with Gasteiger partial charge in [0.15, 0.2) is 0 Å². The molecule has 0 amide bonds. The van der Waals surface area contributed by atoms with E-state index in [0.29, 0.717) is 0 Å². The molecule has 0 spiro atoms. The van der Waals surface area contributed by atoms with Gasteiger partial charge in [-0.05, 0) is 26.0 Å². The average Bonchev–Trinajstić information content (AvgIpc) is 2.36. The first-order chi connectivity index (χ1) is 8.79. The quantitative estimate of drug-likeness (QED) is 0.577. The first-order valence-electron chi connectivity index (χ1n) is 5.54. The third kappa shape index (κ3) is 10.3. The van der Waals surface area contributed by atoms with Crippen LogP contribution in [0.3, 0.4) is 0 Å². The van der Waals surface area contributed by atoms with Crippen molar-refractivity contribution in [1.82, 2.24) is 4.72 Å². The van der Waals surface area contributed by atoms with Crippen molar-refractivity contribution in [3.05, 3.63) is 30.3 Å². The van der Waals surface area contributed by atoms with E-state index >= 15 is 0 Å². The number of hydrogen-bond donors (Lipinski definition) is 1. The zero-order valence-corrected chi connectivity index (χ0v) is 18.1. The normalized spacial score (nSPS) is 11.6. The van der Waals surface area contributed by atoms with Crippen LogP contribution in [0.5, 0.6) is 0 Å². The minimum Gasteiger partial charge on any atom is -0.550 e. The van der Waals surface area contributed by atoms with Crippen molar-refractivity contribution < 1.29 is 50.7 Å². The van der Waals surface area contributed by atoms with Gasteiger partial charge >= 0.3 is 27.7 Å². The van der Waals surface area contributed by atoms with E-state index in [-0.39, 0.29) is 45.2 Å². The van der Waals surface area contributed by atoms with Crippen LogP contribution in [0.15, 0.2) is 35.2 Å². The summed E-state index contributed by atoms with van der Waals surface area (Å²) >= 11 is 0. The van der Waals surface area contributed by atoms with Crippen LogP contribution in [-0.4, -0.2) is 34.1 Å². The van der Waals surface area contributed by atoms with Crippen molar-refractivity contribution in [2.24, 2.45) is 0 Å². The van der Waals surface area contributed by atoms with Crippen LogP contribution in [0.25, 0.3) is 0 Å². The number of methoxy groups -OCH3 is 1. The van der Waals surface area contributed by atoms with E-state index in [9.17, 15) is 8.42 Å². The minimum absolute atomic E-state index is 0. The van der Waals surface area contributed by atoms with E-state index in [1.807, 2.05) is 0 Å². The zero-order valence-electron chi connectivity index (χ0n) is 11.8. The third-order valence-electron chi connectivity index (χ3n) is 2.02. The molecule has 0 aliphatic rings. The molecule has 0 saturated heterocycles. The maximum Gasteiger partial charge on any atom is 1.00 e. The molecular formula is C12H18HgNO5S. The number of nitrogens with one attached hydrogen (secondary N) is 1. The Balaban J connectivity index is 0. The van der Waals surface area contributed by atoms with Crippen LogP contribution in [-0.2, 0) is 47.2 Å². The number of carbonyl (C=O) groups excluding carboxylic acids is 1. The van der Waals surface area contributed by atoms with E-state index in [0.717, 1.165) is 6.92 Å². The summed E-state index contributed by atoms with van der Waals surface area (Å²) < 4.78 is 30.8. The Morgan fingerprint density at radius 2 is 1.80 bits per heavy atom. The number of rotatable bonds is 5. The molecule has 1 aromatic rings. The van der Waals surface area contributed by atoms with E-state index in [2.05, 4.69) is 4.72 Å². The first kappa shape index (κ1) is 21.8. The van der Waals surface area contributed by atoms with Crippen molar-refractivity contribution >= 4 is 16.0 Å². The average molecular weight is 489 g/mol. The van der Waals surface area contributed by atoms with Crippen LogP contribution in [0.4, 0.5) is 0 Å². The van der Waals surface area contributed by atoms with E-state index < -0.39 is 16.0 Å². The summed E-state index contributed by atoms with van der Waals surface area (Å²) in [4.78, 5) is 9.16. The van der Waals surface area contributed by atoms with Crippen LogP contribution in [0.1, 0.15) is 13.8 Å². The molecule has 20 heavy (non-hydrogen) atoms. The standard InChI is InChI=1S/C10H15NO3S.C2H4O2.Hg/c1-9(14-2)8-11-15(12,13)10-6-4-3-5-7-10;1-2(3)4;/h3-7,9,11H,8H2,1-2H3;1H3,(H,3,4);/q;;+1/p-1. The van der Waals surface area contributed by atoms with Crippen LogP contribution in [0, 0.1) is 0 Å². The molecule has 8 heteroatoms. The second-order valence-corrected chi connectivity index (χ2v) is 5.47. The Kier molecular flexibility index (Phi) is 12.2. The van der Waals surface area contributed by atoms with Gasteiger partial charge in [-0.3, -0.25) is 0 Å². The largest absolute Gasteiger partial charge is 1.00 e. The van der Waals surface area contributed by atoms with Crippen molar-refractivity contribution in [2.45, 2.75) is 24.8 Å². The number of ether oxygens (including phenoxy) is 1. The molecule has 0 fully saturated rings. The van der Waals surface area contributed by atoms with Crippen molar-refractivity contribution in [3.63, 3.8) is 0 Å². The molecule has 0 aliphatic carbocycles. The number of sulfonamides is 1. The van der Waals surface area contributed by atoms with Gasteiger partial charge in [-0.25, -0.2) is 13.1 Å². The van der Waals surface area contributed by atoms with Gasteiger partial charge in [0.05, 0.1) is 11.0 Å². The first-order valence-corrected chi connectivity index (χ1v) is 7.03. The van der Waals surface area contributed by atoms with Gasteiger partial charge in [-0.15, -0.1) is 0 Å². The molecule has 0 aromatic heterocycles. The Morgan fingerprint density at radius 1 is 1.35 bits per heavy atom. The molecule has 1 N–H and O–H groups in total. The number of hydrogen-bond acceptors (Lipinski definition) is 5. The summed E-state index contributed by atoms with van der Waals surface area (Å²) in [5, 5.41) is 8.89. The minimum atomic E-state index is -3.40. The Morgan fingerprint density at radius 3 is 2.20 bits per heavy atom. The maximum absolute atomic E-state index is 11.7. The second kappa shape index (κ2) is 11.2. The number of carbonyl (C=O) groups is 1. The Hall–Kier alpha value is -0.505. The molecule has 0 heterocycles. The molecule has 0 bridgehead atoms. The van der Waals surface area contributed by atoms with Gasteiger partial charge < -0.3 is 14.6 Å². The molecule has 1 radical (unpaired) electrons. The SMILES string of the molecule is CC(=O)[O-].COC(C)CNS(=O)(=O)c1ccccc1.[Hg+]. The predicted molar refractivity (Wildman–Crippen MR) is 68.8 cm³/mol. The summed E-state index contributed by atoms with van der Waals surface area (Å²) in [7, 11) is -1.85. The molecule has 0 aliphatic heterocycles. The topological polar surface area (TPSA) is 95.5 Å². The maximum atomic E-state index is 11.7. The molecule has 1 atom stereocenters. The van der Waals surface area contributed by atoms with Gasteiger partial charge in [0.2, 0.25) is 10.0 Å². The second-order valence-electron chi connectivity index (χ2n) is 3.70. The van der Waals surface area contributed by atoms with E-state index in [4.69, 9.17) is 14.6 Å². The van der Waals surface area contributed by atoms with Crippen molar-refractivity contribution in [2.75, 3.05) is 13.7 Å². The van der Waals surface area contributed by atoms with Gasteiger partial charge in [0, 0.05) is 19.6 Å².